The number of hydrogen-bond acceptors (Lipinski definition) is 3. The highest BCUT2D eigenvalue weighted by Gasteiger charge is 2.22. The first kappa shape index (κ1) is 12.2. The van der Waals surface area contributed by atoms with E-state index in [0.29, 0.717) is 12.0 Å². The van der Waals surface area contributed by atoms with Gasteiger partial charge in [-0.2, -0.15) is 0 Å². The highest BCUT2D eigenvalue weighted by Crippen LogP contribution is 2.21. The molecule has 1 rings (SSSR count). The molecule has 1 aliphatic rings. The summed E-state index contributed by atoms with van der Waals surface area (Å²) in [7, 11) is 1.41. The van der Waals surface area contributed by atoms with E-state index in [1.165, 1.54) is 26.2 Å². The second-order valence-corrected chi connectivity index (χ2v) is 4.40. The van der Waals surface area contributed by atoms with Gasteiger partial charge in [0, 0.05) is 18.7 Å². The average molecular weight is 211 g/mol. The molecule has 3 nitrogen and oxygen atoms in total. The number of ether oxygens (including phenoxy) is 1. The maximum absolute atomic E-state index is 10.8. The number of likely N-dealkylation sites (tertiary alicyclic amines) is 1. The smallest absolute Gasteiger partial charge is 0.330 e. The van der Waals surface area contributed by atoms with Crippen LogP contribution < -0.4 is 0 Å². The number of allylic oxidation sites excluding steroid dienone is 1. The second kappa shape index (κ2) is 5.91. The Bertz CT molecular complexity index is 236. The molecule has 1 saturated heterocycles. The Morgan fingerprint density at radius 2 is 2.33 bits per heavy atom. The SMILES string of the molecule is COC(=O)/C=C\CC1CCN(C(C)C)C1. The molecule has 86 valence electrons. The van der Waals surface area contributed by atoms with Crippen LogP contribution in [0.2, 0.25) is 0 Å². The predicted molar refractivity (Wildman–Crippen MR) is 60.6 cm³/mol. The Kier molecular flexibility index (Phi) is 4.82. The zero-order valence-electron chi connectivity index (χ0n) is 9.90. The molecule has 3 heteroatoms. The molecule has 0 bridgehead atoms. The van der Waals surface area contributed by atoms with Gasteiger partial charge in [0.15, 0.2) is 0 Å². The summed E-state index contributed by atoms with van der Waals surface area (Å²) < 4.78 is 4.54. The number of carbonyl (C=O) groups is 1. The molecule has 0 aromatic heterocycles. The molecular weight excluding hydrogens is 190 g/mol. The molecule has 0 aliphatic carbocycles. The Hall–Kier alpha value is -0.830. The van der Waals surface area contributed by atoms with Gasteiger partial charge in [0.25, 0.3) is 0 Å². The summed E-state index contributed by atoms with van der Waals surface area (Å²) in [6.07, 6.45) is 5.68. The average Bonchev–Trinajstić information content (AvgIpc) is 2.66. The summed E-state index contributed by atoms with van der Waals surface area (Å²) in [6, 6.07) is 0.639. The van der Waals surface area contributed by atoms with Crippen molar-refractivity contribution in [3.8, 4) is 0 Å². The molecule has 0 aromatic carbocycles. The third-order valence-electron chi connectivity index (χ3n) is 2.97. The summed E-state index contributed by atoms with van der Waals surface area (Å²) in [4.78, 5) is 13.3. The van der Waals surface area contributed by atoms with Gasteiger partial charge in [-0.3, -0.25) is 0 Å². The van der Waals surface area contributed by atoms with Crippen LogP contribution in [-0.2, 0) is 9.53 Å². The number of hydrogen-bond donors (Lipinski definition) is 0. The lowest BCUT2D eigenvalue weighted by molar-refractivity contribution is -0.134. The number of rotatable bonds is 4. The Balaban J connectivity index is 2.24. The van der Waals surface area contributed by atoms with Crippen LogP contribution in [0.1, 0.15) is 26.7 Å². The minimum absolute atomic E-state index is 0.256. The lowest BCUT2D eigenvalue weighted by Gasteiger charge is -2.19. The number of carbonyl (C=O) groups excluding carboxylic acids is 1. The molecule has 0 amide bonds. The fourth-order valence-corrected chi connectivity index (χ4v) is 1.95. The van der Waals surface area contributed by atoms with Gasteiger partial charge in [-0.05, 0) is 39.2 Å². The summed E-state index contributed by atoms with van der Waals surface area (Å²) in [5.74, 6) is 0.446. The molecule has 15 heavy (non-hydrogen) atoms. The van der Waals surface area contributed by atoms with Crippen LogP contribution >= 0.6 is 0 Å². The van der Waals surface area contributed by atoms with Gasteiger partial charge in [0.2, 0.25) is 0 Å². The maximum Gasteiger partial charge on any atom is 0.330 e. The number of methoxy groups -OCH3 is 1. The second-order valence-electron chi connectivity index (χ2n) is 4.40. The van der Waals surface area contributed by atoms with Crippen LogP contribution in [0, 0.1) is 5.92 Å². The molecule has 1 aliphatic heterocycles. The van der Waals surface area contributed by atoms with Crippen molar-refractivity contribution in [3.05, 3.63) is 12.2 Å². The summed E-state index contributed by atoms with van der Waals surface area (Å²) in [5, 5.41) is 0. The van der Waals surface area contributed by atoms with E-state index < -0.39 is 0 Å². The topological polar surface area (TPSA) is 29.5 Å². The largest absolute Gasteiger partial charge is 0.466 e. The van der Waals surface area contributed by atoms with Crippen LogP contribution in [0.4, 0.5) is 0 Å². The molecule has 0 saturated carbocycles. The van der Waals surface area contributed by atoms with Gasteiger partial charge < -0.3 is 9.64 Å². The number of esters is 1. The van der Waals surface area contributed by atoms with Crippen LogP contribution in [0.25, 0.3) is 0 Å². The van der Waals surface area contributed by atoms with Crippen molar-refractivity contribution in [2.75, 3.05) is 20.2 Å². The van der Waals surface area contributed by atoms with Crippen molar-refractivity contribution in [2.45, 2.75) is 32.7 Å². The fraction of sp³-hybridized carbons (Fsp3) is 0.750. The third-order valence-corrected chi connectivity index (χ3v) is 2.97. The minimum atomic E-state index is -0.256. The van der Waals surface area contributed by atoms with Gasteiger partial charge in [-0.15, -0.1) is 0 Å². The van der Waals surface area contributed by atoms with Gasteiger partial charge in [-0.25, -0.2) is 4.79 Å². The van der Waals surface area contributed by atoms with Crippen molar-refractivity contribution >= 4 is 5.97 Å². The van der Waals surface area contributed by atoms with Crippen molar-refractivity contribution < 1.29 is 9.53 Å². The summed E-state index contributed by atoms with van der Waals surface area (Å²) in [6.45, 7) is 6.80. The summed E-state index contributed by atoms with van der Waals surface area (Å²) >= 11 is 0. The quantitative estimate of drug-likeness (QED) is 0.525. The number of nitrogens with zero attached hydrogens (tertiary/aromatic N) is 1. The molecular formula is C12H21NO2. The zero-order valence-corrected chi connectivity index (χ0v) is 9.90. The van der Waals surface area contributed by atoms with Gasteiger partial charge in [0.05, 0.1) is 7.11 Å². The first-order valence-corrected chi connectivity index (χ1v) is 5.62. The Morgan fingerprint density at radius 3 is 2.87 bits per heavy atom. The highest BCUT2D eigenvalue weighted by molar-refractivity contribution is 5.81. The first-order chi connectivity index (χ1) is 7.13. The van der Waals surface area contributed by atoms with Crippen LogP contribution in [0.15, 0.2) is 12.2 Å². The molecule has 1 heterocycles. The van der Waals surface area contributed by atoms with Gasteiger partial charge in [-0.1, -0.05) is 6.08 Å². The lowest BCUT2D eigenvalue weighted by atomic mass is 10.1. The predicted octanol–water partition coefficient (Wildman–Crippen LogP) is 1.84. The van der Waals surface area contributed by atoms with E-state index in [0.717, 1.165) is 13.0 Å². The van der Waals surface area contributed by atoms with Gasteiger partial charge in [0.1, 0.15) is 0 Å². The molecule has 0 spiro atoms. The van der Waals surface area contributed by atoms with Crippen molar-refractivity contribution in [1.29, 1.82) is 0 Å². The normalized spacial score (nSPS) is 22.8. The van der Waals surface area contributed by atoms with Crippen LogP contribution in [0.5, 0.6) is 0 Å². The maximum atomic E-state index is 10.8. The van der Waals surface area contributed by atoms with E-state index in [2.05, 4.69) is 23.5 Å². The third kappa shape index (κ3) is 4.04. The van der Waals surface area contributed by atoms with Crippen LogP contribution in [0.3, 0.4) is 0 Å². The van der Waals surface area contributed by atoms with E-state index in [-0.39, 0.29) is 5.97 Å². The monoisotopic (exact) mass is 211 g/mol. The van der Waals surface area contributed by atoms with E-state index in [1.807, 2.05) is 6.08 Å². The Labute approximate surface area is 92.1 Å². The standard InChI is InChI=1S/C12H21NO2/c1-10(2)13-8-7-11(9-13)5-4-6-12(14)15-3/h4,6,10-11H,5,7-9H2,1-3H3/b6-4-. The molecule has 0 N–H and O–H groups in total. The van der Waals surface area contributed by atoms with E-state index in [4.69, 9.17) is 0 Å². The first-order valence-electron chi connectivity index (χ1n) is 5.62. The lowest BCUT2D eigenvalue weighted by Crippen LogP contribution is -2.28. The molecule has 0 radical (unpaired) electrons. The van der Waals surface area contributed by atoms with Crippen LogP contribution in [-0.4, -0.2) is 37.1 Å². The molecule has 1 atom stereocenters. The zero-order chi connectivity index (χ0) is 11.3. The summed E-state index contributed by atoms with van der Waals surface area (Å²) in [5.41, 5.74) is 0. The van der Waals surface area contributed by atoms with Crippen molar-refractivity contribution in [3.63, 3.8) is 0 Å². The Morgan fingerprint density at radius 1 is 1.60 bits per heavy atom. The molecule has 1 fully saturated rings. The van der Waals surface area contributed by atoms with Gasteiger partial charge >= 0.3 is 5.97 Å². The minimum Gasteiger partial charge on any atom is -0.466 e. The van der Waals surface area contributed by atoms with E-state index in [1.54, 1.807) is 0 Å². The molecule has 1 unspecified atom stereocenters. The van der Waals surface area contributed by atoms with Crippen molar-refractivity contribution in [1.82, 2.24) is 4.90 Å². The van der Waals surface area contributed by atoms with E-state index in [9.17, 15) is 4.79 Å². The molecule has 0 aromatic rings. The van der Waals surface area contributed by atoms with Crippen molar-refractivity contribution in [2.24, 2.45) is 5.92 Å². The fourth-order valence-electron chi connectivity index (χ4n) is 1.95. The van der Waals surface area contributed by atoms with E-state index >= 15 is 0 Å². The highest BCUT2D eigenvalue weighted by atomic mass is 16.5.